The number of aromatic hydroxyl groups is 2. The van der Waals surface area contributed by atoms with Gasteiger partial charge in [0, 0.05) is 24.2 Å². The smallest absolute Gasteiger partial charge is 0.255 e. The number of nitrogens with two attached hydrogens (primary N) is 1. The Labute approximate surface area is 231 Å². The third kappa shape index (κ3) is 5.67. The molecule has 5 rings (SSSR count). The van der Waals surface area contributed by atoms with E-state index in [9.17, 15) is 15.0 Å². The van der Waals surface area contributed by atoms with E-state index in [1.54, 1.807) is 12.1 Å². The van der Waals surface area contributed by atoms with Crippen molar-refractivity contribution < 1.29 is 19.7 Å². The van der Waals surface area contributed by atoms with E-state index in [1.807, 2.05) is 6.07 Å². The molecule has 1 aliphatic heterocycles. The van der Waals surface area contributed by atoms with E-state index < -0.39 is 0 Å². The number of carbonyl (C=O) groups excluding carboxylic acids is 1. The fourth-order valence-corrected chi connectivity index (χ4v) is 5.73. The number of hydrogen-bond acceptors (Lipinski definition) is 6. The van der Waals surface area contributed by atoms with Gasteiger partial charge in [-0.3, -0.25) is 9.69 Å². The highest BCUT2D eigenvalue weighted by atomic mass is 35.5. The van der Waals surface area contributed by atoms with E-state index in [0.717, 1.165) is 41.8 Å². The first-order chi connectivity index (χ1) is 18.1. The minimum atomic E-state index is -0.195. The highest BCUT2D eigenvalue weighted by molar-refractivity contribution is 7.95. The van der Waals surface area contributed by atoms with Crippen LogP contribution in [0.15, 0.2) is 42.5 Å². The van der Waals surface area contributed by atoms with Crippen LogP contribution in [0.5, 0.6) is 17.2 Å². The molecule has 0 fully saturated rings. The van der Waals surface area contributed by atoms with Gasteiger partial charge in [0.1, 0.15) is 11.5 Å². The minimum absolute atomic E-state index is 0.0163. The predicted octanol–water partition coefficient (Wildman–Crippen LogP) is 4.39. The average Bonchev–Trinajstić information content (AvgIpc) is 2.89. The van der Waals surface area contributed by atoms with Crippen molar-refractivity contribution in [2.24, 2.45) is 0 Å². The van der Waals surface area contributed by atoms with Gasteiger partial charge in [-0.05, 0) is 65.2 Å². The van der Waals surface area contributed by atoms with E-state index in [4.69, 9.17) is 22.1 Å². The number of nitrogen functional groups attached to an aromatic ring is 1. The van der Waals surface area contributed by atoms with Crippen LogP contribution in [0.1, 0.15) is 33.1 Å². The molecule has 0 radical (unpaired) electrons. The van der Waals surface area contributed by atoms with Crippen LogP contribution in [-0.4, -0.2) is 66.5 Å². The number of halogens is 1. The molecule has 0 aromatic heterocycles. The number of benzene rings is 3. The number of anilines is 1. The Kier molecular flexibility index (Phi) is 8.65. The summed E-state index contributed by atoms with van der Waals surface area (Å²) in [5, 5.41) is 23.3. The van der Waals surface area contributed by atoms with Gasteiger partial charge in [0.15, 0.2) is 11.5 Å². The largest absolute Gasteiger partial charge is 0.504 e. The molecular formula is C29H35ClN3O4S+. The molecule has 0 spiro atoms. The topological polar surface area (TPSA) is 108 Å². The Morgan fingerprint density at radius 1 is 1.21 bits per heavy atom. The predicted molar refractivity (Wildman–Crippen MR) is 157 cm³/mol. The van der Waals surface area contributed by atoms with Crippen LogP contribution in [0, 0.1) is 0 Å². The van der Waals surface area contributed by atoms with Gasteiger partial charge in [-0.25, -0.2) is 0 Å². The molecule has 3 aromatic rings. The molecule has 1 amide bonds. The number of phenolic OH excluding ortho intramolecular Hbond substituents is 2. The van der Waals surface area contributed by atoms with E-state index in [2.05, 4.69) is 48.0 Å². The zero-order chi connectivity index (χ0) is 27.6. The monoisotopic (exact) mass is 556 g/mol. The van der Waals surface area contributed by atoms with Crippen LogP contribution in [0.2, 0.25) is 5.02 Å². The summed E-state index contributed by atoms with van der Waals surface area (Å²) >= 11 is 5.91. The second-order valence-electron chi connectivity index (χ2n) is 9.82. The van der Waals surface area contributed by atoms with Gasteiger partial charge in [-0.1, -0.05) is 35.9 Å². The number of nitrogens with zero attached hydrogens (tertiary/aromatic N) is 1. The standard InChI is InChI=1S/C17H17NO2.C12H17ClN2O2S/c1-18-8-7-10-3-2-4-12-15(10)13(18)9-11-5-6-14(19)17(20)16(11)12;1-17-11-7-10(14)9(13)6-8(11)12(16)15-4-5-18(2)3/h2-6,13,19-20H,7-9H2,1H3;6-7H,4-5H2,1-3H3,(H2-,14,15,16)/p+1/t13-;/m1./s1. The Hall–Kier alpha value is -3.07. The summed E-state index contributed by atoms with van der Waals surface area (Å²) in [5.41, 5.74) is 12.2. The quantitative estimate of drug-likeness (QED) is 0.211. The summed E-state index contributed by atoms with van der Waals surface area (Å²) in [5.74, 6) is 1.17. The van der Waals surface area contributed by atoms with Gasteiger partial charge in [0.25, 0.3) is 5.91 Å². The van der Waals surface area contributed by atoms with Crippen LogP contribution in [0.25, 0.3) is 11.1 Å². The van der Waals surface area contributed by atoms with Crippen molar-refractivity contribution in [1.82, 2.24) is 10.2 Å². The zero-order valence-electron chi connectivity index (χ0n) is 22.2. The molecule has 1 heterocycles. The van der Waals surface area contributed by atoms with Crippen LogP contribution >= 0.6 is 11.6 Å². The fraction of sp³-hybridized carbons (Fsp3) is 0.345. The summed E-state index contributed by atoms with van der Waals surface area (Å²) < 4.78 is 5.13. The van der Waals surface area contributed by atoms with Crippen LogP contribution in [0.3, 0.4) is 0 Å². The number of ether oxygens (including phenoxy) is 1. The molecule has 1 atom stereocenters. The van der Waals surface area contributed by atoms with Crippen molar-refractivity contribution in [3.63, 3.8) is 0 Å². The summed E-state index contributed by atoms with van der Waals surface area (Å²) in [6, 6.07) is 13.3. The third-order valence-corrected chi connectivity index (χ3v) is 8.43. The molecule has 0 unspecified atom stereocenters. The number of nitrogens with one attached hydrogen (secondary N) is 1. The lowest BCUT2D eigenvalue weighted by molar-refractivity contribution is 0.0953. The molecule has 1 aliphatic carbocycles. The first-order valence-corrected chi connectivity index (χ1v) is 15.0. The van der Waals surface area contributed by atoms with Crippen molar-refractivity contribution in [2.45, 2.75) is 18.9 Å². The van der Waals surface area contributed by atoms with E-state index >= 15 is 0 Å². The molecule has 0 bridgehead atoms. The van der Waals surface area contributed by atoms with E-state index in [0.29, 0.717) is 45.5 Å². The number of methoxy groups -OCH3 is 1. The lowest BCUT2D eigenvalue weighted by Crippen LogP contribution is -2.35. The molecule has 5 N–H and O–H groups in total. The highest BCUT2D eigenvalue weighted by Gasteiger charge is 2.34. The second kappa shape index (κ2) is 11.8. The van der Waals surface area contributed by atoms with E-state index in [-0.39, 0.29) is 17.4 Å². The van der Waals surface area contributed by atoms with Gasteiger partial charge in [-0.2, -0.15) is 0 Å². The Bertz CT molecular complexity index is 1350. The first kappa shape index (κ1) is 28.0. The molecule has 38 heavy (non-hydrogen) atoms. The number of fused-ring (bicyclic) bond motifs is 2. The molecular weight excluding hydrogens is 522 g/mol. The normalized spacial score (nSPS) is 15.7. The number of likely N-dealkylation sites (N-methyl/N-ethyl adjacent to an activating group) is 1. The second-order valence-corrected chi connectivity index (χ2v) is 12.6. The highest BCUT2D eigenvalue weighted by Crippen LogP contribution is 2.49. The molecule has 9 heteroatoms. The molecule has 0 saturated carbocycles. The van der Waals surface area contributed by atoms with Crippen LogP contribution in [0.4, 0.5) is 5.69 Å². The number of carbonyl (C=O) groups is 1. The SMILES string of the molecule is CN1CCc2cccc3c2[C@H]1Cc1ccc(O)c(O)c1-3.COc1cc(N)c(Cl)cc1C(=O)NCC[S+](C)C. The van der Waals surface area contributed by atoms with Gasteiger partial charge in [0.05, 0.1) is 42.4 Å². The molecule has 2 aliphatic rings. The number of rotatable bonds is 5. The molecule has 0 saturated heterocycles. The Balaban J connectivity index is 0.000000179. The zero-order valence-corrected chi connectivity index (χ0v) is 23.7. The maximum Gasteiger partial charge on any atom is 0.255 e. The number of hydrogen-bond donors (Lipinski definition) is 4. The maximum atomic E-state index is 12.0. The number of amides is 1. The third-order valence-electron chi connectivity index (χ3n) is 7.08. The molecule has 202 valence electrons. The fourth-order valence-electron chi connectivity index (χ4n) is 5.05. The summed E-state index contributed by atoms with van der Waals surface area (Å²) in [7, 11) is 3.96. The van der Waals surface area contributed by atoms with Crippen molar-refractivity contribution in [1.29, 1.82) is 0 Å². The Morgan fingerprint density at radius 3 is 2.68 bits per heavy atom. The minimum Gasteiger partial charge on any atom is -0.504 e. The maximum absolute atomic E-state index is 12.0. The van der Waals surface area contributed by atoms with Gasteiger partial charge >= 0.3 is 0 Å². The van der Waals surface area contributed by atoms with Gasteiger partial charge < -0.3 is 26.0 Å². The molecule has 3 aromatic carbocycles. The van der Waals surface area contributed by atoms with Crippen molar-refractivity contribution in [3.8, 4) is 28.4 Å². The average molecular weight is 557 g/mol. The summed E-state index contributed by atoms with van der Waals surface area (Å²) in [6.07, 6.45) is 6.20. The lowest BCUT2D eigenvalue weighted by Gasteiger charge is -2.39. The van der Waals surface area contributed by atoms with Crippen molar-refractivity contribution >= 4 is 34.1 Å². The van der Waals surface area contributed by atoms with Crippen LogP contribution in [-0.2, 0) is 23.7 Å². The van der Waals surface area contributed by atoms with Gasteiger partial charge in [-0.15, -0.1) is 0 Å². The molecule has 7 nitrogen and oxygen atoms in total. The van der Waals surface area contributed by atoms with Gasteiger partial charge in [0.2, 0.25) is 0 Å². The first-order valence-electron chi connectivity index (χ1n) is 12.4. The summed E-state index contributed by atoms with van der Waals surface area (Å²) in [4.78, 5) is 14.4. The Morgan fingerprint density at radius 2 is 1.97 bits per heavy atom. The number of phenols is 2. The van der Waals surface area contributed by atoms with E-state index in [1.165, 1.54) is 24.3 Å². The van der Waals surface area contributed by atoms with Crippen molar-refractivity contribution in [2.75, 3.05) is 51.2 Å². The van der Waals surface area contributed by atoms with Crippen LogP contribution < -0.4 is 15.8 Å². The summed E-state index contributed by atoms with van der Waals surface area (Å²) in [6.45, 7) is 1.71. The lowest BCUT2D eigenvalue weighted by atomic mass is 9.77. The van der Waals surface area contributed by atoms with Crippen molar-refractivity contribution in [3.05, 3.63) is 69.7 Å².